The summed E-state index contributed by atoms with van der Waals surface area (Å²) in [6.07, 6.45) is 3.62. The van der Waals surface area contributed by atoms with Crippen molar-refractivity contribution in [3.8, 4) is 0 Å². The van der Waals surface area contributed by atoms with Crippen LogP contribution in [-0.2, 0) is 18.3 Å². The summed E-state index contributed by atoms with van der Waals surface area (Å²) in [4.78, 5) is 40.8. The number of aromatic nitrogens is 2. The Kier molecular flexibility index (Phi) is 5.62. The lowest BCUT2D eigenvalue weighted by Gasteiger charge is -2.26. The number of piperidine rings is 1. The molecular formula is C18H25N3O4S. The van der Waals surface area contributed by atoms with Crippen LogP contribution in [0.4, 0.5) is 0 Å². The van der Waals surface area contributed by atoms with E-state index in [1.807, 2.05) is 0 Å². The Bertz CT molecular complexity index is 935. The maximum Gasteiger partial charge on any atom is 0.348 e. The van der Waals surface area contributed by atoms with Gasteiger partial charge in [-0.1, -0.05) is 6.42 Å². The predicted molar refractivity (Wildman–Crippen MR) is 102 cm³/mol. The first-order valence-corrected chi connectivity index (χ1v) is 9.89. The molecule has 0 amide bonds. The van der Waals surface area contributed by atoms with Gasteiger partial charge in [-0.2, -0.15) is 0 Å². The van der Waals surface area contributed by atoms with Crippen molar-refractivity contribution in [3.05, 3.63) is 31.3 Å². The van der Waals surface area contributed by atoms with Crippen LogP contribution in [0.3, 0.4) is 0 Å². The van der Waals surface area contributed by atoms with E-state index in [4.69, 9.17) is 4.74 Å². The van der Waals surface area contributed by atoms with Gasteiger partial charge in [-0.15, -0.1) is 11.3 Å². The van der Waals surface area contributed by atoms with Gasteiger partial charge in [-0.3, -0.25) is 13.9 Å². The summed E-state index contributed by atoms with van der Waals surface area (Å²) < 4.78 is 7.86. The Morgan fingerprint density at radius 2 is 1.85 bits per heavy atom. The summed E-state index contributed by atoms with van der Waals surface area (Å²) in [5.41, 5.74) is -0.101. The SMILES string of the molecule is CCOC(=O)c1sc2c(c1C)c(=O)n(C)c(=O)n2CCN1CCCCC1. The third-order valence-electron chi connectivity index (χ3n) is 4.96. The molecule has 3 rings (SSSR count). The van der Waals surface area contributed by atoms with Crippen LogP contribution >= 0.6 is 11.3 Å². The second-order valence-electron chi connectivity index (χ2n) is 6.66. The molecule has 2 aromatic rings. The van der Waals surface area contributed by atoms with E-state index >= 15 is 0 Å². The molecule has 1 saturated heterocycles. The predicted octanol–water partition coefficient (Wildman–Crippen LogP) is 1.73. The minimum Gasteiger partial charge on any atom is -0.462 e. The number of thiophene rings is 1. The molecule has 0 radical (unpaired) electrons. The van der Waals surface area contributed by atoms with Gasteiger partial charge in [-0.25, -0.2) is 9.59 Å². The van der Waals surface area contributed by atoms with E-state index in [9.17, 15) is 14.4 Å². The number of carbonyl (C=O) groups is 1. The Labute approximate surface area is 155 Å². The molecule has 7 nitrogen and oxygen atoms in total. The van der Waals surface area contributed by atoms with Crippen molar-refractivity contribution < 1.29 is 9.53 Å². The molecule has 0 saturated carbocycles. The molecule has 1 aliphatic rings. The van der Waals surface area contributed by atoms with Crippen LogP contribution in [0.5, 0.6) is 0 Å². The van der Waals surface area contributed by atoms with E-state index in [2.05, 4.69) is 4.90 Å². The van der Waals surface area contributed by atoms with Crippen molar-refractivity contribution in [1.29, 1.82) is 0 Å². The molecule has 3 heterocycles. The van der Waals surface area contributed by atoms with Crippen LogP contribution in [0, 0.1) is 6.92 Å². The summed E-state index contributed by atoms with van der Waals surface area (Å²) in [5.74, 6) is -0.441. The molecule has 0 spiro atoms. The molecule has 0 atom stereocenters. The van der Waals surface area contributed by atoms with Crippen molar-refractivity contribution in [2.24, 2.45) is 7.05 Å². The molecule has 26 heavy (non-hydrogen) atoms. The number of aryl methyl sites for hydroxylation is 1. The Morgan fingerprint density at radius 3 is 2.50 bits per heavy atom. The highest BCUT2D eigenvalue weighted by Crippen LogP contribution is 2.28. The minimum absolute atomic E-state index is 0.270. The van der Waals surface area contributed by atoms with Crippen LogP contribution < -0.4 is 11.2 Å². The van der Waals surface area contributed by atoms with Gasteiger partial charge < -0.3 is 9.64 Å². The molecule has 0 unspecified atom stereocenters. The zero-order chi connectivity index (χ0) is 18.8. The van der Waals surface area contributed by atoms with Crippen molar-refractivity contribution >= 4 is 27.5 Å². The number of likely N-dealkylation sites (tertiary alicyclic amines) is 1. The summed E-state index contributed by atoms with van der Waals surface area (Å²) >= 11 is 1.18. The molecule has 0 aromatic carbocycles. The quantitative estimate of drug-likeness (QED) is 0.740. The normalized spacial score (nSPS) is 15.5. The monoisotopic (exact) mass is 379 g/mol. The van der Waals surface area contributed by atoms with Gasteiger partial charge in [-0.05, 0) is 45.3 Å². The largest absolute Gasteiger partial charge is 0.462 e. The second-order valence-corrected chi connectivity index (χ2v) is 7.66. The zero-order valence-corrected chi connectivity index (χ0v) is 16.4. The molecule has 1 aliphatic heterocycles. The third kappa shape index (κ3) is 3.35. The molecule has 0 N–H and O–H groups in total. The van der Waals surface area contributed by atoms with Gasteiger partial charge in [0.1, 0.15) is 9.71 Å². The fourth-order valence-corrected chi connectivity index (χ4v) is 4.69. The number of ether oxygens (including phenoxy) is 1. The van der Waals surface area contributed by atoms with E-state index in [1.54, 1.807) is 18.4 Å². The third-order valence-corrected chi connectivity index (χ3v) is 6.25. The first kappa shape index (κ1) is 18.8. The van der Waals surface area contributed by atoms with Gasteiger partial charge in [0.2, 0.25) is 0 Å². The standard InChI is InChI=1S/C18H25N3O4S/c1-4-25-17(23)14-12(2)13-15(22)19(3)18(24)21(16(13)26-14)11-10-20-8-6-5-7-9-20/h4-11H2,1-3H3. The van der Waals surface area contributed by atoms with Crippen LogP contribution in [0.25, 0.3) is 10.2 Å². The zero-order valence-electron chi connectivity index (χ0n) is 15.5. The van der Waals surface area contributed by atoms with Crippen LogP contribution in [0.2, 0.25) is 0 Å². The fraction of sp³-hybridized carbons (Fsp3) is 0.611. The maximum absolute atomic E-state index is 12.7. The number of nitrogens with zero attached hydrogens (tertiary/aromatic N) is 3. The Hall–Kier alpha value is -1.93. The van der Waals surface area contributed by atoms with Gasteiger partial charge in [0.15, 0.2) is 0 Å². The van der Waals surface area contributed by atoms with Gasteiger partial charge in [0, 0.05) is 20.1 Å². The molecule has 0 aliphatic carbocycles. The number of hydrogen-bond acceptors (Lipinski definition) is 6. The van der Waals surface area contributed by atoms with Gasteiger partial charge in [0.25, 0.3) is 5.56 Å². The number of carbonyl (C=O) groups excluding carboxylic acids is 1. The molecule has 1 fully saturated rings. The number of esters is 1. The highest BCUT2D eigenvalue weighted by Gasteiger charge is 2.23. The van der Waals surface area contributed by atoms with E-state index in [-0.39, 0.29) is 17.9 Å². The molecule has 142 valence electrons. The first-order valence-electron chi connectivity index (χ1n) is 9.08. The lowest BCUT2D eigenvalue weighted by atomic mass is 10.1. The molecule has 0 bridgehead atoms. The second kappa shape index (κ2) is 7.75. The van der Waals surface area contributed by atoms with Crippen molar-refractivity contribution in [2.75, 3.05) is 26.2 Å². The lowest BCUT2D eigenvalue weighted by Crippen LogP contribution is -2.40. The van der Waals surface area contributed by atoms with Crippen molar-refractivity contribution in [1.82, 2.24) is 14.0 Å². The topological polar surface area (TPSA) is 73.5 Å². The summed E-state index contributed by atoms with van der Waals surface area (Å²) in [6.45, 7) is 7.11. The van der Waals surface area contributed by atoms with Crippen LogP contribution in [0.1, 0.15) is 41.4 Å². The smallest absolute Gasteiger partial charge is 0.348 e. The van der Waals surface area contributed by atoms with E-state index in [0.29, 0.717) is 27.2 Å². The van der Waals surface area contributed by atoms with Crippen molar-refractivity contribution in [3.63, 3.8) is 0 Å². The summed E-state index contributed by atoms with van der Waals surface area (Å²) in [6, 6.07) is 0. The molecule has 2 aromatic heterocycles. The molecule has 8 heteroatoms. The highest BCUT2D eigenvalue weighted by atomic mass is 32.1. The number of rotatable bonds is 5. The van der Waals surface area contributed by atoms with E-state index in [0.717, 1.165) is 24.2 Å². The number of fused-ring (bicyclic) bond motifs is 1. The van der Waals surface area contributed by atoms with Gasteiger partial charge >= 0.3 is 11.7 Å². The average Bonchev–Trinajstić information content (AvgIpc) is 2.98. The Morgan fingerprint density at radius 1 is 1.15 bits per heavy atom. The Balaban J connectivity index is 2.06. The average molecular weight is 379 g/mol. The van der Waals surface area contributed by atoms with Gasteiger partial charge in [0.05, 0.1) is 12.0 Å². The highest BCUT2D eigenvalue weighted by molar-refractivity contribution is 7.20. The number of hydrogen-bond donors (Lipinski definition) is 0. The van der Waals surface area contributed by atoms with E-state index in [1.165, 1.54) is 37.6 Å². The van der Waals surface area contributed by atoms with Crippen LogP contribution in [0.15, 0.2) is 9.59 Å². The molecular weight excluding hydrogens is 354 g/mol. The fourth-order valence-electron chi connectivity index (χ4n) is 3.48. The maximum atomic E-state index is 12.7. The lowest BCUT2D eigenvalue weighted by molar-refractivity contribution is 0.0531. The summed E-state index contributed by atoms with van der Waals surface area (Å²) in [7, 11) is 1.49. The summed E-state index contributed by atoms with van der Waals surface area (Å²) in [5, 5.41) is 0.443. The van der Waals surface area contributed by atoms with Crippen LogP contribution in [-0.4, -0.2) is 46.2 Å². The minimum atomic E-state index is -0.441. The first-order chi connectivity index (χ1) is 12.5. The van der Waals surface area contributed by atoms with E-state index < -0.39 is 5.97 Å². The van der Waals surface area contributed by atoms with Crippen molar-refractivity contribution in [2.45, 2.75) is 39.7 Å².